The zero-order valence-corrected chi connectivity index (χ0v) is 15.0. The number of nitrogens with zero attached hydrogens (tertiary/aromatic N) is 4. The predicted octanol–water partition coefficient (Wildman–Crippen LogP) is 3.20. The van der Waals surface area contributed by atoms with E-state index in [2.05, 4.69) is 38.8 Å². The zero-order valence-electron chi connectivity index (χ0n) is 14.2. The van der Waals surface area contributed by atoms with Crippen LogP contribution in [-0.2, 0) is 6.54 Å². The highest BCUT2D eigenvalue weighted by atomic mass is 32.1. The van der Waals surface area contributed by atoms with Crippen molar-refractivity contribution in [3.63, 3.8) is 0 Å². The second kappa shape index (κ2) is 6.84. The van der Waals surface area contributed by atoms with Gasteiger partial charge >= 0.3 is 0 Å². The fraction of sp³-hybridized carbons (Fsp3) is 0.389. The lowest BCUT2D eigenvalue weighted by atomic mass is 9.97. The minimum absolute atomic E-state index is 0.0195. The van der Waals surface area contributed by atoms with Crippen LogP contribution in [0.15, 0.2) is 36.9 Å². The third-order valence-corrected chi connectivity index (χ3v) is 5.67. The lowest BCUT2D eigenvalue weighted by Gasteiger charge is -2.32. The number of aryl methyl sites for hydroxylation is 1. The molecule has 1 N–H and O–H groups in total. The van der Waals surface area contributed by atoms with Gasteiger partial charge in [0.15, 0.2) is 5.69 Å². The molecule has 7 heteroatoms. The highest BCUT2D eigenvalue weighted by Gasteiger charge is 2.26. The Labute approximate surface area is 150 Å². The standard InChI is InChI=1S/C18H21N5OS/c1-13-4-5-17(25-13)15-9-16(21-20-15)18(24)23-7-2-3-14(11-23)10-22-8-6-19-12-22/h4-6,8-9,12,14H,2-3,7,10-11H2,1H3,(H,20,21)/t14-/m0/s1. The molecule has 1 atom stereocenters. The van der Waals surface area contributed by atoms with Crippen LogP contribution < -0.4 is 0 Å². The topological polar surface area (TPSA) is 66.8 Å². The normalized spacial score (nSPS) is 17.8. The van der Waals surface area contributed by atoms with Crippen molar-refractivity contribution in [3.05, 3.63) is 47.5 Å². The van der Waals surface area contributed by atoms with Gasteiger partial charge in [-0.25, -0.2) is 4.98 Å². The molecule has 0 radical (unpaired) electrons. The third-order valence-electron chi connectivity index (χ3n) is 4.64. The van der Waals surface area contributed by atoms with Gasteiger partial charge < -0.3 is 9.47 Å². The Morgan fingerprint density at radius 2 is 2.36 bits per heavy atom. The number of piperidine rings is 1. The van der Waals surface area contributed by atoms with E-state index in [1.165, 1.54) is 4.88 Å². The average molecular weight is 355 g/mol. The molecule has 0 aromatic carbocycles. The molecule has 4 rings (SSSR count). The number of nitrogens with one attached hydrogen (secondary N) is 1. The maximum Gasteiger partial charge on any atom is 0.274 e. The summed E-state index contributed by atoms with van der Waals surface area (Å²) in [5, 5.41) is 7.26. The molecule has 0 unspecified atom stereocenters. The van der Waals surface area contributed by atoms with Crippen molar-refractivity contribution in [1.82, 2.24) is 24.6 Å². The molecule has 25 heavy (non-hydrogen) atoms. The summed E-state index contributed by atoms with van der Waals surface area (Å²) >= 11 is 1.70. The molecule has 1 fully saturated rings. The SMILES string of the molecule is Cc1ccc(-c2cc(C(=O)N3CCC[C@@H](Cn4ccnc4)C3)n[nH]2)s1. The maximum atomic E-state index is 12.8. The summed E-state index contributed by atoms with van der Waals surface area (Å²) in [6.07, 6.45) is 7.78. The number of likely N-dealkylation sites (tertiary alicyclic amines) is 1. The van der Waals surface area contributed by atoms with Gasteiger partial charge in [0.2, 0.25) is 0 Å². The van der Waals surface area contributed by atoms with E-state index in [0.717, 1.165) is 43.0 Å². The lowest BCUT2D eigenvalue weighted by Crippen LogP contribution is -2.41. The number of H-pyrrole nitrogens is 1. The van der Waals surface area contributed by atoms with Gasteiger partial charge in [0.1, 0.15) is 0 Å². The van der Waals surface area contributed by atoms with Crippen LogP contribution in [0.25, 0.3) is 10.6 Å². The molecule has 4 heterocycles. The first-order valence-electron chi connectivity index (χ1n) is 8.56. The van der Waals surface area contributed by atoms with Crippen molar-refractivity contribution >= 4 is 17.2 Å². The van der Waals surface area contributed by atoms with Gasteiger partial charge in [0.25, 0.3) is 5.91 Å². The summed E-state index contributed by atoms with van der Waals surface area (Å²) in [5.41, 5.74) is 1.41. The molecule has 0 saturated carbocycles. The molecule has 1 amide bonds. The van der Waals surface area contributed by atoms with E-state index in [0.29, 0.717) is 11.6 Å². The van der Waals surface area contributed by atoms with Crippen molar-refractivity contribution in [2.75, 3.05) is 13.1 Å². The fourth-order valence-electron chi connectivity index (χ4n) is 3.39. The Hall–Kier alpha value is -2.41. The summed E-state index contributed by atoms with van der Waals surface area (Å²) in [6, 6.07) is 6.00. The zero-order chi connectivity index (χ0) is 17.2. The maximum absolute atomic E-state index is 12.8. The highest BCUT2D eigenvalue weighted by Crippen LogP contribution is 2.27. The van der Waals surface area contributed by atoms with Crippen LogP contribution >= 0.6 is 11.3 Å². The fourth-order valence-corrected chi connectivity index (χ4v) is 4.22. The summed E-state index contributed by atoms with van der Waals surface area (Å²) < 4.78 is 2.09. The van der Waals surface area contributed by atoms with Crippen LogP contribution in [0, 0.1) is 12.8 Å². The summed E-state index contributed by atoms with van der Waals surface area (Å²) in [7, 11) is 0. The Balaban J connectivity index is 1.44. The average Bonchev–Trinajstić information content (AvgIpc) is 3.35. The molecule has 0 aliphatic carbocycles. The number of rotatable bonds is 4. The van der Waals surface area contributed by atoms with Gasteiger partial charge in [-0.1, -0.05) is 0 Å². The molecule has 0 spiro atoms. The quantitative estimate of drug-likeness (QED) is 0.781. The van der Waals surface area contributed by atoms with E-state index in [9.17, 15) is 4.79 Å². The van der Waals surface area contributed by atoms with Crippen molar-refractivity contribution in [3.8, 4) is 10.6 Å². The second-order valence-corrected chi connectivity index (χ2v) is 7.88. The molecular weight excluding hydrogens is 334 g/mol. The first-order valence-corrected chi connectivity index (χ1v) is 9.38. The molecule has 1 aliphatic rings. The van der Waals surface area contributed by atoms with E-state index in [-0.39, 0.29) is 5.91 Å². The van der Waals surface area contributed by atoms with E-state index in [1.54, 1.807) is 17.5 Å². The summed E-state index contributed by atoms with van der Waals surface area (Å²) in [6.45, 7) is 4.56. The smallest absolute Gasteiger partial charge is 0.274 e. The van der Waals surface area contributed by atoms with Crippen molar-refractivity contribution in [1.29, 1.82) is 0 Å². The van der Waals surface area contributed by atoms with Gasteiger partial charge in [-0.15, -0.1) is 11.3 Å². The van der Waals surface area contributed by atoms with Gasteiger partial charge in [0.05, 0.1) is 16.9 Å². The van der Waals surface area contributed by atoms with E-state index < -0.39 is 0 Å². The minimum atomic E-state index is 0.0195. The van der Waals surface area contributed by atoms with E-state index in [1.807, 2.05) is 23.5 Å². The van der Waals surface area contributed by atoms with Crippen molar-refractivity contribution in [2.24, 2.45) is 5.92 Å². The predicted molar refractivity (Wildman–Crippen MR) is 97.5 cm³/mol. The Kier molecular flexibility index (Phi) is 4.40. The number of hydrogen-bond acceptors (Lipinski definition) is 4. The van der Waals surface area contributed by atoms with Crippen LogP contribution in [0.2, 0.25) is 0 Å². The van der Waals surface area contributed by atoms with Crippen LogP contribution in [0.3, 0.4) is 0 Å². The third kappa shape index (κ3) is 3.51. The Bertz CT molecular complexity index is 851. The molecule has 6 nitrogen and oxygen atoms in total. The molecule has 1 aliphatic heterocycles. The van der Waals surface area contributed by atoms with Crippen molar-refractivity contribution in [2.45, 2.75) is 26.3 Å². The monoisotopic (exact) mass is 355 g/mol. The van der Waals surface area contributed by atoms with E-state index in [4.69, 9.17) is 0 Å². The van der Waals surface area contributed by atoms with Crippen LogP contribution in [0.5, 0.6) is 0 Å². The largest absolute Gasteiger partial charge is 0.337 e. The summed E-state index contributed by atoms with van der Waals surface area (Å²) in [4.78, 5) is 21.2. The number of hydrogen-bond donors (Lipinski definition) is 1. The van der Waals surface area contributed by atoms with Crippen LogP contribution in [0.4, 0.5) is 0 Å². The second-order valence-electron chi connectivity index (χ2n) is 6.60. The van der Waals surface area contributed by atoms with Gasteiger partial charge in [-0.05, 0) is 43.9 Å². The summed E-state index contributed by atoms with van der Waals surface area (Å²) in [5.74, 6) is 0.483. The van der Waals surface area contributed by atoms with Gasteiger partial charge in [-0.2, -0.15) is 5.10 Å². The molecule has 3 aromatic heterocycles. The van der Waals surface area contributed by atoms with E-state index >= 15 is 0 Å². The first-order chi connectivity index (χ1) is 12.2. The number of thiophene rings is 1. The molecule has 3 aromatic rings. The number of carbonyl (C=O) groups excluding carboxylic acids is 1. The lowest BCUT2D eigenvalue weighted by molar-refractivity contribution is 0.0656. The Morgan fingerprint density at radius 3 is 3.12 bits per heavy atom. The first kappa shape index (κ1) is 16.1. The van der Waals surface area contributed by atoms with Crippen molar-refractivity contribution < 1.29 is 4.79 Å². The molecule has 1 saturated heterocycles. The molecular formula is C18H21N5OS. The number of amides is 1. The Morgan fingerprint density at radius 1 is 1.44 bits per heavy atom. The minimum Gasteiger partial charge on any atom is -0.337 e. The highest BCUT2D eigenvalue weighted by molar-refractivity contribution is 7.15. The van der Waals surface area contributed by atoms with Crippen LogP contribution in [0.1, 0.15) is 28.2 Å². The van der Waals surface area contributed by atoms with Gasteiger partial charge in [-0.3, -0.25) is 9.89 Å². The number of imidazole rings is 1. The molecule has 0 bridgehead atoms. The van der Waals surface area contributed by atoms with Crippen LogP contribution in [-0.4, -0.2) is 43.6 Å². The number of aromatic amines is 1. The number of aromatic nitrogens is 4. The number of carbonyl (C=O) groups is 1. The van der Waals surface area contributed by atoms with Gasteiger partial charge in [0, 0.05) is 36.9 Å². The molecule has 130 valence electrons.